The minimum absolute atomic E-state index is 0.157. The molecule has 18 heavy (non-hydrogen) atoms. The molecule has 0 fully saturated rings. The topological polar surface area (TPSA) is 59.1 Å². The van der Waals surface area contributed by atoms with Crippen LogP contribution in [0.25, 0.3) is 0 Å². The van der Waals surface area contributed by atoms with Crippen molar-refractivity contribution in [2.24, 2.45) is 0 Å². The number of hydrogen-bond donors (Lipinski definition) is 1. The molecule has 0 atom stereocenters. The van der Waals surface area contributed by atoms with Crippen LogP contribution < -0.4 is 4.72 Å². The number of thiophene rings is 1. The van der Waals surface area contributed by atoms with Gasteiger partial charge in [-0.1, -0.05) is 11.6 Å². The predicted octanol–water partition coefficient (Wildman–Crippen LogP) is 4.04. The molecule has 0 aromatic carbocycles. The first-order valence-electron chi connectivity index (χ1n) is 4.71. The Bertz CT molecular complexity index is 654. The minimum Gasteiger partial charge on any atom is -0.254 e. The molecule has 0 saturated carbocycles. The summed E-state index contributed by atoms with van der Waals surface area (Å²) in [7, 11) is -3.62. The van der Waals surface area contributed by atoms with Crippen molar-refractivity contribution in [3.8, 4) is 0 Å². The van der Waals surface area contributed by atoms with Gasteiger partial charge in [0.25, 0.3) is 10.0 Å². The fourth-order valence-electron chi connectivity index (χ4n) is 1.14. The lowest BCUT2D eigenvalue weighted by atomic mass is 10.4. The van der Waals surface area contributed by atoms with Gasteiger partial charge in [-0.15, -0.1) is 22.7 Å². The maximum atomic E-state index is 12.1. The van der Waals surface area contributed by atoms with Gasteiger partial charge in [-0.25, -0.2) is 13.4 Å². The first-order valence-corrected chi connectivity index (χ1v) is 9.00. The molecule has 0 aliphatic heterocycles. The third-order valence-electron chi connectivity index (χ3n) is 2.14. The molecule has 0 aliphatic rings. The van der Waals surface area contributed by atoms with Gasteiger partial charge in [-0.2, -0.15) is 0 Å². The Labute approximate surface area is 126 Å². The summed E-state index contributed by atoms with van der Waals surface area (Å²) in [5.41, 5.74) is 0.822. The van der Waals surface area contributed by atoms with E-state index >= 15 is 0 Å². The number of sulfonamides is 1. The SMILES string of the molecule is Cc1nc(NS(=O)(=O)c2cc(Cl)c(Br)s2)sc1C. The molecule has 2 aromatic rings. The Morgan fingerprint density at radius 1 is 1.39 bits per heavy atom. The van der Waals surface area contributed by atoms with Crippen LogP contribution in [0.2, 0.25) is 5.02 Å². The zero-order valence-corrected chi connectivity index (χ0v) is 14.1. The zero-order valence-electron chi connectivity index (χ0n) is 9.32. The first kappa shape index (κ1) is 14.3. The average molecular weight is 388 g/mol. The summed E-state index contributed by atoms with van der Waals surface area (Å²) < 4.78 is 27.3. The molecule has 0 amide bonds. The van der Waals surface area contributed by atoms with E-state index < -0.39 is 10.0 Å². The van der Waals surface area contributed by atoms with Gasteiger partial charge in [-0.3, -0.25) is 4.72 Å². The molecular weight excluding hydrogens is 380 g/mol. The third kappa shape index (κ3) is 2.88. The van der Waals surface area contributed by atoms with Gasteiger partial charge in [0.1, 0.15) is 4.21 Å². The summed E-state index contributed by atoms with van der Waals surface area (Å²) in [6, 6.07) is 1.41. The number of rotatable bonds is 3. The van der Waals surface area contributed by atoms with Crippen molar-refractivity contribution in [1.29, 1.82) is 0 Å². The molecule has 0 radical (unpaired) electrons. The zero-order chi connectivity index (χ0) is 13.5. The van der Waals surface area contributed by atoms with Crippen molar-refractivity contribution in [3.63, 3.8) is 0 Å². The molecule has 0 aliphatic carbocycles. The van der Waals surface area contributed by atoms with Crippen molar-refractivity contribution in [1.82, 2.24) is 4.98 Å². The van der Waals surface area contributed by atoms with E-state index in [1.54, 1.807) is 0 Å². The van der Waals surface area contributed by atoms with E-state index in [2.05, 4.69) is 25.6 Å². The average Bonchev–Trinajstić information content (AvgIpc) is 2.72. The van der Waals surface area contributed by atoms with Gasteiger partial charge >= 0.3 is 0 Å². The van der Waals surface area contributed by atoms with Crippen molar-refractivity contribution in [3.05, 3.63) is 25.4 Å². The van der Waals surface area contributed by atoms with E-state index in [4.69, 9.17) is 11.6 Å². The van der Waals surface area contributed by atoms with E-state index in [1.165, 1.54) is 17.4 Å². The molecule has 98 valence electrons. The number of halogens is 2. The van der Waals surface area contributed by atoms with E-state index in [0.29, 0.717) is 13.9 Å². The van der Waals surface area contributed by atoms with E-state index in [0.717, 1.165) is 21.9 Å². The van der Waals surface area contributed by atoms with Crippen LogP contribution in [0.15, 0.2) is 14.1 Å². The second-order valence-electron chi connectivity index (χ2n) is 3.45. The van der Waals surface area contributed by atoms with Crippen LogP contribution in [0.1, 0.15) is 10.6 Å². The fourth-order valence-corrected chi connectivity index (χ4v) is 5.59. The van der Waals surface area contributed by atoms with Gasteiger partial charge < -0.3 is 0 Å². The van der Waals surface area contributed by atoms with Crippen LogP contribution in [-0.4, -0.2) is 13.4 Å². The standard InChI is InChI=1S/C9H8BrClN2O2S3/c1-4-5(2)16-9(12-4)13-18(14,15)7-3-6(11)8(10)17-7/h3H,1-2H3,(H,12,13). The highest BCUT2D eigenvalue weighted by Gasteiger charge is 2.20. The number of hydrogen-bond acceptors (Lipinski definition) is 5. The Kier molecular flexibility index (Phi) is 4.03. The van der Waals surface area contributed by atoms with E-state index in [1.807, 2.05) is 13.8 Å². The third-order valence-corrected chi connectivity index (χ3v) is 7.54. The lowest BCUT2D eigenvalue weighted by Gasteiger charge is -2.01. The summed E-state index contributed by atoms with van der Waals surface area (Å²) in [5.74, 6) is 0. The van der Waals surface area contributed by atoms with Crippen molar-refractivity contribution >= 4 is 65.4 Å². The number of thiazole rings is 1. The van der Waals surface area contributed by atoms with Crippen molar-refractivity contribution in [2.45, 2.75) is 18.1 Å². The highest BCUT2D eigenvalue weighted by Crippen LogP contribution is 2.35. The molecule has 2 heterocycles. The fraction of sp³-hybridized carbons (Fsp3) is 0.222. The molecule has 1 N–H and O–H groups in total. The van der Waals surface area contributed by atoms with Crippen LogP contribution in [0.4, 0.5) is 5.13 Å². The van der Waals surface area contributed by atoms with E-state index in [-0.39, 0.29) is 4.21 Å². The summed E-state index contributed by atoms with van der Waals surface area (Å²) in [6.07, 6.45) is 0. The normalized spacial score (nSPS) is 11.8. The lowest BCUT2D eigenvalue weighted by Crippen LogP contribution is -2.11. The molecule has 4 nitrogen and oxygen atoms in total. The number of anilines is 1. The number of aryl methyl sites for hydroxylation is 2. The summed E-state index contributed by atoms with van der Waals surface area (Å²) in [4.78, 5) is 5.12. The Morgan fingerprint density at radius 2 is 2.06 bits per heavy atom. The Balaban J connectivity index is 2.32. The summed E-state index contributed by atoms with van der Waals surface area (Å²) in [6.45, 7) is 3.73. The smallest absolute Gasteiger partial charge is 0.254 e. The van der Waals surface area contributed by atoms with Crippen molar-refractivity contribution in [2.75, 3.05) is 4.72 Å². The second kappa shape index (κ2) is 5.09. The summed E-state index contributed by atoms with van der Waals surface area (Å²) >= 11 is 11.4. The quantitative estimate of drug-likeness (QED) is 0.864. The number of nitrogens with zero attached hydrogens (tertiary/aromatic N) is 1. The van der Waals surface area contributed by atoms with Gasteiger partial charge in [0.05, 0.1) is 14.5 Å². The predicted molar refractivity (Wildman–Crippen MR) is 79.4 cm³/mol. The van der Waals surface area contributed by atoms with Gasteiger partial charge in [0, 0.05) is 4.88 Å². The highest BCUT2D eigenvalue weighted by molar-refractivity contribution is 9.11. The Morgan fingerprint density at radius 3 is 2.50 bits per heavy atom. The molecule has 0 unspecified atom stereocenters. The largest absolute Gasteiger partial charge is 0.273 e. The monoisotopic (exact) mass is 386 g/mol. The van der Waals surface area contributed by atoms with Crippen molar-refractivity contribution < 1.29 is 8.42 Å². The van der Waals surface area contributed by atoms with Crippen LogP contribution in [0, 0.1) is 13.8 Å². The molecular formula is C9H8BrClN2O2S3. The lowest BCUT2D eigenvalue weighted by molar-refractivity contribution is 0.603. The van der Waals surface area contributed by atoms with Gasteiger partial charge in [0.2, 0.25) is 0 Å². The molecule has 2 rings (SSSR count). The van der Waals surface area contributed by atoms with Crippen LogP contribution in [0.5, 0.6) is 0 Å². The minimum atomic E-state index is -3.62. The second-order valence-corrected chi connectivity index (χ2v) is 9.34. The molecule has 0 spiro atoms. The first-order chi connectivity index (χ1) is 8.29. The molecule has 0 bridgehead atoms. The maximum absolute atomic E-state index is 12.1. The van der Waals surface area contributed by atoms with Crippen LogP contribution in [0.3, 0.4) is 0 Å². The molecule has 2 aromatic heterocycles. The highest BCUT2D eigenvalue weighted by atomic mass is 79.9. The summed E-state index contributed by atoms with van der Waals surface area (Å²) in [5, 5.41) is 0.748. The van der Waals surface area contributed by atoms with E-state index in [9.17, 15) is 8.42 Å². The van der Waals surface area contributed by atoms with Gasteiger partial charge in [0.15, 0.2) is 5.13 Å². The molecule has 9 heteroatoms. The Hall–Kier alpha value is -0.150. The number of nitrogens with one attached hydrogen (secondary N) is 1. The van der Waals surface area contributed by atoms with Crippen LogP contribution in [-0.2, 0) is 10.0 Å². The van der Waals surface area contributed by atoms with Crippen LogP contribution >= 0.6 is 50.2 Å². The molecule has 0 saturated heterocycles. The maximum Gasteiger partial charge on any atom is 0.273 e. The number of aromatic nitrogens is 1. The van der Waals surface area contributed by atoms with Gasteiger partial charge in [-0.05, 0) is 35.8 Å².